The number of halogens is 1. The third-order valence-corrected chi connectivity index (χ3v) is 4.60. The molecule has 1 aliphatic rings. The number of nitrogens with two attached hydrogens (primary N) is 1. The van der Waals surface area contributed by atoms with Gasteiger partial charge in [-0.25, -0.2) is 0 Å². The second-order valence-electron chi connectivity index (χ2n) is 6.56. The van der Waals surface area contributed by atoms with Gasteiger partial charge in [0.1, 0.15) is 0 Å². The van der Waals surface area contributed by atoms with E-state index in [1.54, 1.807) is 36.4 Å². The van der Waals surface area contributed by atoms with Crippen molar-refractivity contribution < 1.29 is 9.59 Å². The van der Waals surface area contributed by atoms with E-state index in [0.717, 1.165) is 18.4 Å². The van der Waals surface area contributed by atoms with E-state index in [9.17, 15) is 9.59 Å². The first-order valence-electron chi connectivity index (χ1n) is 8.61. The highest BCUT2D eigenvalue weighted by atomic mass is 35.5. The topological polar surface area (TPSA) is 84.2 Å². The van der Waals surface area contributed by atoms with E-state index in [2.05, 4.69) is 10.6 Å². The Morgan fingerprint density at radius 2 is 1.65 bits per heavy atom. The summed E-state index contributed by atoms with van der Waals surface area (Å²) >= 11 is 0. The molecule has 4 N–H and O–H groups in total. The second-order valence-corrected chi connectivity index (χ2v) is 6.56. The van der Waals surface area contributed by atoms with Gasteiger partial charge in [0.05, 0.1) is 0 Å². The van der Waals surface area contributed by atoms with Crippen molar-refractivity contribution in [2.24, 2.45) is 0 Å². The number of anilines is 2. The number of nitrogens with one attached hydrogen (secondary N) is 2. The summed E-state index contributed by atoms with van der Waals surface area (Å²) in [5.41, 5.74) is 8.95. The van der Waals surface area contributed by atoms with Gasteiger partial charge in [-0.1, -0.05) is 18.9 Å². The average molecular weight is 374 g/mol. The van der Waals surface area contributed by atoms with Gasteiger partial charge in [-0.15, -0.1) is 12.4 Å². The molecule has 138 valence electrons. The predicted molar refractivity (Wildman–Crippen MR) is 107 cm³/mol. The standard InChI is InChI=1S/C20H23N3O2.ClH/c1-13-6-9-15(21)12-18(13)20(25)23-17-10-7-14(8-11-17)19(24)22-16-4-2-3-5-16;/h6-12,16H,2-5,21H2,1H3,(H,22,24)(H,23,25);1H. The van der Waals surface area contributed by atoms with E-state index in [1.807, 2.05) is 13.0 Å². The molecular formula is C20H24ClN3O2. The van der Waals surface area contributed by atoms with Crippen molar-refractivity contribution in [1.82, 2.24) is 5.32 Å². The van der Waals surface area contributed by atoms with Crippen LogP contribution >= 0.6 is 12.4 Å². The van der Waals surface area contributed by atoms with Gasteiger partial charge in [-0.2, -0.15) is 0 Å². The van der Waals surface area contributed by atoms with Crippen molar-refractivity contribution in [3.8, 4) is 0 Å². The molecule has 0 radical (unpaired) electrons. The Bertz CT molecular complexity index is 784. The third kappa shape index (κ3) is 4.76. The minimum Gasteiger partial charge on any atom is -0.399 e. The summed E-state index contributed by atoms with van der Waals surface area (Å²) in [5.74, 6) is -0.274. The van der Waals surface area contributed by atoms with Crippen molar-refractivity contribution in [2.75, 3.05) is 11.1 Å². The minimum absolute atomic E-state index is 0. The van der Waals surface area contributed by atoms with E-state index < -0.39 is 0 Å². The maximum atomic E-state index is 12.4. The Labute approximate surface area is 159 Å². The van der Waals surface area contributed by atoms with Crippen molar-refractivity contribution in [3.63, 3.8) is 0 Å². The molecule has 2 aromatic carbocycles. The molecule has 5 nitrogen and oxygen atoms in total. The number of nitrogen functional groups attached to an aromatic ring is 1. The zero-order valence-corrected chi connectivity index (χ0v) is 15.6. The van der Waals surface area contributed by atoms with E-state index in [1.165, 1.54) is 12.8 Å². The Hall–Kier alpha value is -2.53. The fourth-order valence-electron chi connectivity index (χ4n) is 3.13. The minimum atomic E-state index is -0.215. The van der Waals surface area contributed by atoms with Gasteiger partial charge in [0.15, 0.2) is 0 Å². The molecule has 6 heteroatoms. The molecule has 0 atom stereocenters. The van der Waals surface area contributed by atoms with Crippen LogP contribution in [-0.4, -0.2) is 17.9 Å². The van der Waals surface area contributed by atoms with Gasteiger partial charge in [-0.05, 0) is 61.7 Å². The highest BCUT2D eigenvalue weighted by Gasteiger charge is 2.18. The lowest BCUT2D eigenvalue weighted by atomic mass is 10.1. The third-order valence-electron chi connectivity index (χ3n) is 4.60. The van der Waals surface area contributed by atoms with Gasteiger partial charge >= 0.3 is 0 Å². The van der Waals surface area contributed by atoms with Crippen LogP contribution in [0.3, 0.4) is 0 Å². The number of carbonyl (C=O) groups is 2. The SMILES string of the molecule is Cc1ccc(N)cc1C(=O)Nc1ccc(C(=O)NC2CCCC2)cc1.Cl. The lowest BCUT2D eigenvalue weighted by Crippen LogP contribution is -2.32. The summed E-state index contributed by atoms with van der Waals surface area (Å²) in [6.07, 6.45) is 4.47. The Kier molecular flexibility index (Phi) is 6.64. The molecular weight excluding hydrogens is 350 g/mol. The highest BCUT2D eigenvalue weighted by Crippen LogP contribution is 2.19. The molecule has 0 aromatic heterocycles. The first-order valence-corrected chi connectivity index (χ1v) is 8.61. The van der Waals surface area contributed by atoms with Crippen molar-refractivity contribution in [3.05, 3.63) is 59.2 Å². The van der Waals surface area contributed by atoms with Crippen LogP contribution in [0.1, 0.15) is 52.0 Å². The van der Waals surface area contributed by atoms with Crippen molar-refractivity contribution in [2.45, 2.75) is 38.6 Å². The van der Waals surface area contributed by atoms with E-state index in [-0.39, 0.29) is 24.2 Å². The fourth-order valence-corrected chi connectivity index (χ4v) is 3.13. The Morgan fingerprint density at radius 3 is 2.31 bits per heavy atom. The molecule has 26 heavy (non-hydrogen) atoms. The zero-order valence-electron chi connectivity index (χ0n) is 14.7. The largest absolute Gasteiger partial charge is 0.399 e. The van der Waals surface area contributed by atoms with Gasteiger partial charge in [-0.3, -0.25) is 9.59 Å². The molecule has 0 aliphatic heterocycles. The van der Waals surface area contributed by atoms with Crippen LogP contribution in [0.15, 0.2) is 42.5 Å². The average Bonchev–Trinajstić information content (AvgIpc) is 3.10. The number of carbonyl (C=O) groups excluding carboxylic acids is 2. The van der Waals surface area contributed by atoms with Crippen LogP contribution in [0.4, 0.5) is 11.4 Å². The summed E-state index contributed by atoms with van der Waals surface area (Å²) < 4.78 is 0. The second kappa shape index (κ2) is 8.72. The number of hydrogen-bond acceptors (Lipinski definition) is 3. The quantitative estimate of drug-likeness (QED) is 0.710. The van der Waals surface area contributed by atoms with Gasteiger partial charge in [0.2, 0.25) is 0 Å². The van der Waals surface area contributed by atoms with Gasteiger partial charge < -0.3 is 16.4 Å². The molecule has 1 fully saturated rings. The monoisotopic (exact) mass is 373 g/mol. The molecule has 1 saturated carbocycles. The lowest BCUT2D eigenvalue weighted by Gasteiger charge is -2.12. The Morgan fingerprint density at radius 1 is 1.00 bits per heavy atom. The fraction of sp³-hybridized carbons (Fsp3) is 0.300. The molecule has 2 aromatic rings. The van der Waals surface area contributed by atoms with E-state index in [4.69, 9.17) is 5.73 Å². The normalized spacial score (nSPS) is 13.7. The number of benzene rings is 2. The molecule has 0 unspecified atom stereocenters. The number of rotatable bonds is 4. The van der Waals surface area contributed by atoms with Crippen LogP contribution in [0.2, 0.25) is 0 Å². The van der Waals surface area contributed by atoms with Crippen molar-refractivity contribution >= 4 is 35.6 Å². The first-order chi connectivity index (χ1) is 12.0. The summed E-state index contributed by atoms with van der Waals surface area (Å²) in [7, 11) is 0. The summed E-state index contributed by atoms with van der Waals surface area (Å²) in [6.45, 7) is 1.87. The van der Waals surface area contributed by atoms with Crippen LogP contribution < -0.4 is 16.4 Å². The maximum absolute atomic E-state index is 12.4. The number of aryl methyl sites for hydroxylation is 1. The van der Waals surface area contributed by atoms with Crippen LogP contribution in [0.25, 0.3) is 0 Å². The molecule has 0 heterocycles. The van der Waals surface area contributed by atoms with E-state index >= 15 is 0 Å². The van der Waals surface area contributed by atoms with Crippen molar-refractivity contribution in [1.29, 1.82) is 0 Å². The van der Waals surface area contributed by atoms with Crippen LogP contribution in [-0.2, 0) is 0 Å². The smallest absolute Gasteiger partial charge is 0.256 e. The molecule has 0 saturated heterocycles. The number of hydrogen-bond donors (Lipinski definition) is 3. The Balaban J connectivity index is 0.00000243. The highest BCUT2D eigenvalue weighted by molar-refractivity contribution is 6.06. The summed E-state index contributed by atoms with van der Waals surface area (Å²) in [5, 5.41) is 5.89. The molecule has 1 aliphatic carbocycles. The van der Waals surface area contributed by atoms with Crippen LogP contribution in [0.5, 0.6) is 0 Å². The molecule has 2 amide bonds. The zero-order chi connectivity index (χ0) is 17.8. The molecule has 3 rings (SSSR count). The predicted octanol–water partition coefficient (Wildman–Crippen LogP) is 3.92. The van der Waals surface area contributed by atoms with Gasteiger partial charge in [0.25, 0.3) is 11.8 Å². The maximum Gasteiger partial charge on any atom is 0.256 e. The van der Waals surface area contributed by atoms with Crippen LogP contribution in [0, 0.1) is 6.92 Å². The lowest BCUT2D eigenvalue weighted by molar-refractivity contribution is 0.0937. The first kappa shape index (κ1) is 19.8. The van der Waals surface area contributed by atoms with Gasteiger partial charge in [0, 0.05) is 28.5 Å². The summed E-state index contributed by atoms with van der Waals surface area (Å²) in [6, 6.07) is 12.5. The number of amides is 2. The molecule has 0 spiro atoms. The van der Waals surface area contributed by atoms with E-state index in [0.29, 0.717) is 28.5 Å². The molecule has 0 bridgehead atoms. The summed E-state index contributed by atoms with van der Waals surface area (Å²) in [4.78, 5) is 24.6.